The third kappa shape index (κ3) is 10.4. The Morgan fingerprint density at radius 1 is 0.571 bits per heavy atom. The Kier molecular flexibility index (Phi) is 16.1. The van der Waals surface area contributed by atoms with Crippen LogP contribution in [0.5, 0.6) is 0 Å². The highest BCUT2D eigenvalue weighted by Crippen LogP contribution is 2.48. The quantitative estimate of drug-likeness (QED) is 0.0977. The first kappa shape index (κ1) is 59.4. The van der Waals surface area contributed by atoms with E-state index in [4.69, 9.17) is 56.9 Å². The molecule has 12 rings (SSSR count). The maximum absolute atomic E-state index is 14.3. The number of methoxy groups -OCH3 is 1. The second-order valence-corrected chi connectivity index (χ2v) is 25.7. The Balaban J connectivity index is 0.000000185. The standard InChI is InChI=1S/C28H24Cl2N6O5S.C27H23Cl2N7O4S.H3N/c1-28(12-17-3-5-18(6-4-17)19-13-31-16-32-14-19)26(38)35(22-10-20(29)9-21(30)11-22)27-33-15-24(36(27)28)42(39,40)34-8-7-23(34)25(37)41-2;1-27(11-16-2-4-17(5-3-16)18-12-31-15-32-13-18)25(38)35(21-9-19(28)8-20(29)10-21)26-33-14-23(36(26)27)41(39,40)34-7-6-22(34)24(30)37;/h3-6,9-11,13-16,23H,7-8,12H2,1-2H3;2-5,8-10,12-15,22H,6-7,11H2,1H3,(H2,30,37);1H3/t23-,28+;22-,27+;/m00./s1. The average molecular weight is 1260 g/mol. The summed E-state index contributed by atoms with van der Waals surface area (Å²) in [6, 6.07) is 22.4. The topological polar surface area (TPSA) is 307 Å². The summed E-state index contributed by atoms with van der Waals surface area (Å²) in [4.78, 5) is 80.3. The van der Waals surface area contributed by atoms with Crippen LogP contribution in [-0.4, -0.2) is 120 Å². The highest BCUT2D eigenvalue weighted by atomic mass is 35.5. The number of rotatable bonds is 14. The molecule has 8 aromatic rings. The molecule has 0 spiro atoms. The Morgan fingerprint density at radius 3 is 1.25 bits per heavy atom. The molecule has 0 radical (unpaired) electrons. The summed E-state index contributed by atoms with van der Waals surface area (Å²) in [7, 11) is -7.28. The van der Waals surface area contributed by atoms with Gasteiger partial charge in [-0.1, -0.05) is 94.9 Å². The summed E-state index contributed by atoms with van der Waals surface area (Å²) in [6.45, 7) is 3.58. The number of nitrogens with two attached hydrogens (primary N) is 1. The third-order valence-corrected chi connectivity index (χ3v) is 19.6. The van der Waals surface area contributed by atoms with Crippen LogP contribution in [0, 0.1) is 0 Å². The van der Waals surface area contributed by atoms with Crippen molar-refractivity contribution < 1.29 is 40.8 Å². The normalized spacial score (nSPS) is 20.2. The number of hydrogen-bond donors (Lipinski definition) is 2. The van der Waals surface area contributed by atoms with E-state index in [0.29, 0.717) is 44.3 Å². The molecule has 0 aliphatic carbocycles. The number of fused-ring (bicyclic) bond motifs is 2. The number of sulfonamides is 2. The number of benzene rings is 4. The first-order chi connectivity index (χ1) is 39.5. The van der Waals surface area contributed by atoms with Crippen molar-refractivity contribution in [2.45, 2.75) is 72.7 Å². The van der Waals surface area contributed by atoms with Gasteiger partial charge in [-0.25, -0.2) is 56.5 Å². The van der Waals surface area contributed by atoms with E-state index in [1.165, 1.54) is 63.2 Å². The van der Waals surface area contributed by atoms with Crippen molar-refractivity contribution in [3.05, 3.63) is 166 Å². The molecule has 0 unspecified atom stereocenters. The van der Waals surface area contributed by atoms with Crippen LogP contribution >= 0.6 is 46.4 Å². The predicted octanol–water partition coefficient (Wildman–Crippen LogP) is 7.91. The highest BCUT2D eigenvalue weighted by molar-refractivity contribution is 7.89. The van der Waals surface area contributed by atoms with Gasteiger partial charge in [0.25, 0.3) is 31.9 Å². The number of anilines is 4. The van der Waals surface area contributed by atoms with Gasteiger partial charge in [0.15, 0.2) is 10.1 Å². The lowest BCUT2D eigenvalue weighted by atomic mass is 9.91. The molecule has 8 heterocycles. The van der Waals surface area contributed by atoms with Gasteiger partial charge in [-0.2, -0.15) is 8.61 Å². The molecular formula is C55H50Cl4N14O9S2. The fourth-order valence-corrected chi connectivity index (χ4v) is 15.4. The summed E-state index contributed by atoms with van der Waals surface area (Å²) in [5.74, 6) is -2.06. The van der Waals surface area contributed by atoms with Crippen LogP contribution in [0.1, 0.15) is 37.8 Å². The number of ether oxygens (including phenoxy) is 1. The molecule has 4 atom stereocenters. The fourth-order valence-electron chi connectivity index (χ4n) is 10.7. The van der Waals surface area contributed by atoms with Gasteiger partial charge in [0, 0.05) is 81.9 Å². The zero-order valence-corrected chi connectivity index (χ0v) is 49.4. The molecule has 23 nitrogen and oxygen atoms in total. The van der Waals surface area contributed by atoms with Gasteiger partial charge in [-0.15, -0.1) is 0 Å². The molecule has 29 heteroatoms. The van der Waals surface area contributed by atoms with Crippen LogP contribution < -0.4 is 21.7 Å². The highest BCUT2D eigenvalue weighted by Gasteiger charge is 2.56. The van der Waals surface area contributed by atoms with Crippen molar-refractivity contribution in [2.75, 3.05) is 30.0 Å². The second-order valence-electron chi connectivity index (χ2n) is 20.3. The number of primary amides is 1. The average Bonchev–Trinajstić information content (AvgIpc) is 1.80. The Labute approximate surface area is 501 Å². The molecule has 5 N–H and O–H groups in total. The first-order valence-corrected chi connectivity index (χ1v) is 29.8. The number of imidazole rings is 2. The monoisotopic (exact) mass is 1250 g/mol. The van der Waals surface area contributed by atoms with Gasteiger partial charge in [-0.3, -0.25) is 28.3 Å². The van der Waals surface area contributed by atoms with E-state index in [9.17, 15) is 36.0 Å². The van der Waals surface area contributed by atoms with Crippen molar-refractivity contribution in [1.82, 2.24) is 53.8 Å². The summed E-state index contributed by atoms with van der Waals surface area (Å²) in [5.41, 5.74) is 8.25. The molecule has 3 amide bonds. The molecule has 4 aromatic carbocycles. The lowest BCUT2D eigenvalue weighted by Gasteiger charge is -2.37. The van der Waals surface area contributed by atoms with E-state index < -0.39 is 66.9 Å². The minimum atomic E-state index is -4.25. The summed E-state index contributed by atoms with van der Waals surface area (Å²) < 4.78 is 65.3. The van der Waals surface area contributed by atoms with Crippen LogP contribution in [0.15, 0.2) is 145 Å². The van der Waals surface area contributed by atoms with E-state index >= 15 is 0 Å². The molecule has 84 heavy (non-hydrogen) atoms. The van der Waals surface area contributed by atoms with Crippen LogP contribution in [0.3, 0.4) is 0 Å². The Hall–Kier alpha value is -7.72. The van der Waals surface area contributed by atoms with Crippen LogP contribution in [0.4, 0.5) is 23.3 Å². The van der Waals surface area contributed by atoms with Crippen LogP contribution in [0.2, 0.25) is 20.1 Å². The molecule has 0 bridgehead atoms. The third-order valence-electron chi connectivity index (χ3n) is 15.0. The SMILES string of the molecule is COC(=O)[C@@H]1CCN1S(=O)(=O)c1cnc2n1[C@](C)(Cc1ccc(-c3cncnc3)cc1)C(=O)N2c1cc(Cl)cc(Cl)c1.C[C@@]1(Cc2ccc(-c3cncnc3)cc2)C(=O)N(c2cc(Cl)cc(Cl)c2)c2ncc(S(=O)(=O)N3CC[C@H]3C(N)=O)n21.N. The largest absolute Gasteiger partial charge is 0.468 e. The fraction of sp³-hybridized carbons (Fsp3) is 0.236. The molecule has 4 aromatic heterocycles. The number of carbonyl (C=O) groups excluding carboxylic acids is 4. The van der Waals surface area contributed by atoms with Gasteiger partial charge < -0.3 is 16.6 Å². The minimum Gasteiger partial charge on any atom is -0.468 e. The zero-order valence-electron chi connectivity index (χ0n) is 44.8. The number of hydrogen-bond acceptors (Lipinski definition) is 16. The smallest absolute Gasteiger partial charge is 0.324 e. The van der Waals surface area contributed by atoms with Gasteiger partial charge in [0.05, 0.1) is 30.9 Å². The lowest BCUT2D eigenvalue weighted by Crippen LogP contribution is -2.57. The van der Waals surface area contributed by atoms with E-state index in [0.717, 1.165) is 42.0 Å². The van der Waals surface area contributed by atoms with Gasteiger partial charge in [0.2, 0.25) is 17.8 Å². The molecule has 4 aliphatic rings. The summed E-state index contributed by atoms with van der Waals surface area (Å²) in [5, 5.41) is 0.757. The number of halogens is 4. The Bertz CT molecular complexity index is 4110. The van der Waals surface area contributed by atoms with Crippen LogP contribution in [-0.2, 0) is 67.9 Å². The van der Waals surface area contributed by atoms with E-state index in [2.05, 4.69) is 29.9 Å². The number of aromatic nitrogens is 8. The van der Waals surface area contributed by atoms with Crippen molar-refractivity contribution in [3.8, 4) is 22.3 Å². The number of nitrogens with zero attached hydrogens (tertiary/aromatic N) is 12. The molecule has 4 aliphatic heterocycles. The Morgan fingerprint density at radius 2 is 0.929 bits per heavy atom. The summed E-state index contributed by atoms with van der Waals surface area (Å²) >= 11 is 25.1. The maximum atomic E-state index is 14.3. The van der Waals surface area contributed by atoms with E-state index in [-0.39, 0.29) is 54.0 Å². The molecular weight excluding hydrogens is 1210 g/mol. The van der Waals surface area contributed by atoms with Gasteiger partial charge in [0.1, 0.15) is 35.8 Å². The lowest BCUT2D eigenvalue weighted by molar-refractivity contribution is -0.148. The maximum Gasteiger partial charge on any atom is 0.324 e. The van der Waals surface area contributed by atoms with Crippen molar-refractivity contribution in [3.63, 3.8) is 0 Å². The predicted molar refractivity (Wildman–Crippen MR) is 312 cm³/mol. The number of amides is 3. The number of esters is 1. The first-order valence-electron chi connectivity index (χ1n) is 25.4. The van der Waals surface area contributed by atoms with E-state index in [1.807, 2.05) is 48.5 Å². The van der Waals surface area contributed by atoms with Crippen molar-refractivity contribution in [2.24, 2.45) is 5.73 Å². The van der Waals surface area contributed by atoms with E-state index in [1.54, 1.807) is 62.9 Å². The van der Waals surface area contributed by atoms with Gasteiger partial charge >= 0.3 is 5.97 Å². The van der Waals surface area contributed by atoms with Crippen molar-refractivity contribution >= 4 is 113 Å². The minimum absolute atomic E-state index is 0. The molecule has 2 saturated heterocycles. The number of carbonyl (C=O) groups is 4. The molecule has 0 saturated carbocycles. The summed E-state index contributed by atoms with van der Waals surface area (Å²) in [6.07, 6.45) is 13.0. The van der Waals surface area contributed by atoms with Crippen LogP contribution in [0.25, 0.3) is 22.3 Å². The zero-order chi connectivity index (χ0) is 58.9. The second kappa shape index (κ2) is 22.7. The molecule has 434 valence electrons. The van der Waals surface area contributed by atoms with Crippen molar-refractivity contribution in [1.29, 1.82) is 0 Å². The van der Waals surface area contributed by atoms with Gasteiger partial charge in [-0.05, 0) is 85.3 Å². The molecule has 2 fully saturated rings.